The molecule has 0 bridgehead atoms. The predicted octanol–water partition coefficient (Wildman–Crippen LogP) is 2.11. The highest BCUT2D eigenvalue weighted by atomic mass is 32.2. The fourth-order valence-electron chi connectivity index (χ4n) is 2.93. The Morgan fingerprint density at radius 3 is 2.69 bits per heavy atom. The number of benzene rings is 1. The number of para-hydroxylation sites is 1. The maximum Gasteiger partial charge on any atom is 0.232 e. The summed E-state index contributed by atoms with van der Waals surface area (Å²) in [5.74, 6) is 1.13. The van der Waals surface area contributed by atoms with Crippen molar-refractivity contribution in [2.24, 2.45) is 0 Å². The van der Waals surface area contributed by atoms with Crippen LogP contribution in [0.4, 0.5) is 5.95 Å². The number of carbonyl (C=O) groups excluding carboxylic acids is 1. The van der Waals surface area contributed by atoms with Crippen LogP contribution in [-0.2, 0) is 9.53 Å². The van der Waals surface area contributed by atoms with Crippen LogP contribution in [0.25, 0.3) is 5.69 Å². The summed E-state index contributed by atoms with van der Waals surface area (Å²) < 4.78 is 7.00. The van der Waals surface area contributed by atoms with E-state index in [9.17, 15) is 4.79 Å². The van der Waals surface area contributed by atoms with E-state index in [4.69, 9.17) is 4.74 Å². The van der Waals surface area contributed by atoms with Gasteiger partial charge in [0.1, 0.15) is 0 Å². The van der Waals surface area contributed by atoms with E-state index < -0.39 is 0 Å². The normalized spacial score (nSPS) is 14.4. The molecule has 0 atom stereocenters. The van der Waals surface area contributed by atoms with E-state index in [0.29, 0.717) is 18.9 Å². The lowest BCUT2D eigenvalue weighted by molar-refractivity contribution is -0.118. The number of anilines is 1. The first kappa shape index (κ1) is 18.7. The molecule has 3 rings (SSSR count). The molecule has 140 valence electrons. The summed E-state index contributed by atoms with van der Waals surface area (Å²) in [5.41, 5.74) is 1.01. The first-order chi connectivity index (χ1) is 12.8. The summed E-state index contributed by atoms with van der Waals surface area (Å²) in [6.45, 7) is 3.01. The second-order valence-electron chi connectivity index (χ2n) is 6.13. The Labute approximate surface area is 158 Å². The van der Waals surface area contributed by atoms with Crippen molar-refractivity contribution in [3.05, 3.63) is 30.3 Å². The van der Waals surface area contributed by atoms with Crippen LogP contribution in [0.3, 0.4) is 0 Å². The standard InChI is InChI=1S/C18H25N5O2S/c1-25-13-10-19-16(24)14-26-18-21-20-17(22-11-6-3-7-12-22)23(18)15-8-4-2-5-9-15/h2,4-5,8-9H,3,6-7,10-14H2,1H3,(H,19,24). The minimum absolute atomic E-state index is 0.0332. The van der Waals surface area contributed by atoms with Crippen molar-refractivity contribution in [1.82, 2.24) is 20.1 Å². The summed E-state index contributed by atoms with van der Waals surface area (Å²) in [6.07, 6.45) is 3.61. The van der Waals surface area contributed by atoms with Crippen LogP contribution in [0.5, 0.6) is 0 Å². The minimum Gasteiger partial charge on any atom is -0.383 e. The molecule has 0 spiro atoms. The Morgan fingerprint density at radius 2 is 1.96 bits per heavy atom. The molecular weight excluding hydrogens is 350 g/mol. The summed E-state index contributed by atoms with van der Waals surface area (Å²) in [5, 5.41) is 12.4. The van der Waals surface area contributed by atoms with Gasteiger partial charge in [0.2, 0.25) is 11.9 Å². The van der Waals surface area contributed by atoms with Gasteiger partial charge in [0.05, 0.1) is 18.0 Å². The first-order valence-electron chi connectivity index (χ1n) is 8.94. The molecule has 0 aliphatic carbocycles. The van der Waals surface area contributed by atoms with Crippen LogP contribution < -0.4 is 10.2 Å². The maximum absolute atomic E-state index is 12.0. The summed E-state index contributed by atoms with van der Waals surface area (Å²) in [7, 11) is 1.62. The van der Waals surface area contributed by atoms with Gasteiger partial charge in [0.15, 0.2) is 5.16 Å². The zero-order valence-corrected chi connectivity index (χ0v) is 15.9. The average Bonchev–Trinajstić information content (AvgIpc) is 3.12. The molecule has 0 radical (unpaired) electrons. The Hall–Kier alpha value is -2.06. The van der Waals surface area contributed by atoms with Crippen molar-refractivity contribution in [1.29, 1.82) is 0 Å². The van der Waals surface area contributed by atoms with Crippen LogP contribution in [0.15, 0.2) is 35.5 Å². The molecule has 1 amide bonds. The molecule has 0 unspecified atom stereocenters. The number of methoxy groups -OCH3 is 1. The molecular formula is C18H25N5O2S. The number of nitrogens with zero attached hydrogens (tertiary/aromatic N) is 4. The summed E-state index contributed by atoms with van der Waals surface area (Å²) in [6, 6.07) is 10.1. The summed E-state index contributed by atoms with van der Waals surface area (Å²) >= 11 is 1.40. The zero-order valence-electron chi connectivity index (χ0n) is 15.1. The van der Waals surface area contributed by atoms with Gasteiger partial charge in [-0.15, -0.1) is 10.2 Å². The molecule has 1 aromatic heterocycles. The molecule has 1 saturated heterocycles. The van der Waals surface area contributed by atoms with Gasteiger partial charge in [0.25, 0.3) is 0 Å². The van der Waals surface area contributed by atoms with Gasteiger partial charge >= 0.3 is 0 Å². The van der Waals surface area contributed by atoms with Crippen LogP contribution in [0.2, 0.25) is 0 Å². The van der Waals surface area contributed by atoms with Gasteiger partial charge < -0.3 is 15.0 Å². The Morgan fingerprint density at radius 1 is 1.19 bits per heavy atom. The van der Waals surface area contributed by atoms with E-state index in [1.165, 1.54) is 31.0 Å². The minimum atomic E-state index is -0.0332. The fraction of sp³-hybridized carbons (Fsp3) is 0.500. The molecule has 0 saturated carbocycles. The highest BCUT2D eigenvalue weighted by Crippen LogP contribution is 2.28. The van der Waals surface area contributed by atoms with Gasteiger partial charge in [-0.25, -0.2) is 0 Å². The maximum atomic E-state index is 12.0. The predicted molar refractivity (Wildman–Crippen MR) is 103 cm³/mol. The molecule has 8 heteroatoms. The Balaban J connectivity index is 1.76. The number of amides is 1. The van der Waals surface area contributed by atoms with Gasteiger partial charge in [-0.3, -0.25) is 9.36 Å². The van der Waals surface area contributed by atoms with Crippen molar-refractivity contribution in [2.45, 2.75) is 24.4 Å². The van der Waals surface area contributed by atoms with E-state index in [-0.39, 0.29) is 5.91 Å². The average molecular weight is 375 g/mol. The monoisotopic (exact) mass is 375 g/mol. The Bertz CT molecular complexity index is 701. The lowest BCUT2D eigenvalue weighted by atomic mass is 10.1. The third-order valence-corrected chi connectivity index (χ3v) is 5.16. The van der Waals surface area contributed by atoms with Crippen molar-refractivity contribution in [3.63, 3.8) is 0 Å². The van der Waals surface area contributed by atoms with Crippen LogP contribution >= 0.6 is 11.8 Å². The highest BCUT2D eigenvalue weighted by Gasteiger charge is 2.21. The van der Waals surface area contributed by atoms with Crippen molar-refractivity contribution in [3.8, 4) is 5.69 Å². The molecule has 1 fully saturated rings. The summed E-state index contributed by atoms with van der Waals surface area (Å²) in [4.78, 5) is 14.3. The number of hydrogen-bond acceptors (Lipinski definition) is 6. The quantitative estimate of drug-likeness (QED) is 0.563. The van der Waals surface area contributed by atoms with Crippen molar-refractivity contribution in [2.75, 3.05) is 44.0 Å². The third kappa shape index (κ3) is 4.76. The number of hydrogen-bond donors (Lipinski definition) is 1. The lowest BCUT2D eigenvalue weighted by Gasteiger charge is -2.27. The molecule has 1 N–H and O–H groups in total. The van der Waals surface area contributed by atoms with Crippen LogP contribution in [0.1, 0.15) is 19.3 Å². The van der Waals surface area contributed by atoms with Gasteiger partial charge in [-0.05, 0) is 31.4 Å². The lowest BCUT2D eigenvalue weighted by Crippen LogP contribution is -2.31. The zero-order chi connectivity index (χ0) is 18.2. The molecule has 2 heterocycles. The van der Waals surface area contributed by atoms with Crippen LogP contribution in [-0.4, -0.2) is 59.8 Å². The number of ether oxygens (including phenoxy) is 1. The number of thioether (sulfide) groups is 1. The number of piperidine rings is 1. The second kappa shape index (κ2) is 9.59. The molecule has 1 aliphatic heterocycles. The Kier molecular flexibility index (Phi) is 6.90. The number of aromatic nitrogens is 3. The van der Waals surface area contributed by atoms with Crippen molar-refractivity contribution < 1.29 is 9.53 Å². The first-order valence-corrected chi connectivity index (χ1v) is 9.92. The van der Waals surface area contributed by atoms with E-state index in [0.717, 1.165) is 29.9 Å². The molecule has 26 heavy (non-hydrogen) atoms. The smallest absolute Gasteiger partial charge is 0.232 e. The number of rotatable bonds is 8. The number of nitrogens with one attached hydrogen (secondary N) is 1. The molecule has 1 aromatic carbocycles. The van der Waals surface area contributed by atoms with Crippen LogP contribution in [0, 0.1) is 0 Å². The topological polar surface area (TPSA) is 72.3 Å². The van der Waals surface area contributed by atoms with Gasteiger partial charge in [0, 0.05) is 26.7 Å². The molecule has 7 nitrogen and oxygen atoms in total. The van der Waals surface area contributed by atoms with Gasteiger partial charge in [-0.1, -0.05) is 30.0 Å². The molecule has 2 aromatic rings. The van der Waals surface area contributed by atoms with Crippen molar-refractivity contribution >= 4 is 23.6 Å². The highest BCUT2D eigenvalue weighted by molar-refractivity contribution is 7.99. The number of carbonyl (C=O) groups is 1. The van der Waals surface area contributed by atoms with E-state index >= 15 is 0 Å². The SMILES string of the molecule is COCCNC(=O)CSc1nnc(N2CCCCC2)n1-c1ccccc1. The fourth-order valence-corrected chi connectivity index (χ4v) is 3.71. The van der Waals surface area contributed by atoms with E-state index in [1.807, 2.05) is 30.3 Å². The molecule has 1 aliphatic rings. The van der Waals surface area contributed by atoms with Gasteiger partial charge in [-0.2, -0.15) is 0 Å². The second-order valence-corrected chi connectivity index (χ2v) is 7.08. The largest absolute Gasteiger partial charge is 0.383 e. The third-order valence-electron chi connectivity index (χ3n) is 4.23. The van der Waals surface area contributed by atoms with E-state index in [1.54, 1.807) is 7.11 Å². The van der Waals surface area contributed by atoms with E-state index in [2.05, 4.69) is 25.0 Å².